The van der Waals surface area contributed by atoms with E-state index in [0.717, 1.165) is 18.7 Å². The monoisotopic (exact) mass is 368 g/mol. The van der Waals surface area contributed by atoms with Gasteiger partial charge in [-0.3, -0.25) is 4.90 Å². The summed E-state index contributed by atoms with van der Waals surface area (Å²) in [6.45, 7) is 4.44. The van der Waals surface area contributed by atoms with Gasteiger partial charge in [0.2, 0.25) is 0 Å². The van der Waals surface area contributed by atoms with Gasteiger partial charge in [0.25, 0.3) is 0 Å². The second-order valence-electron chi connectivity index (χ2n) is 6.82. The smallest absolute Gasteiger partial charge is 0.412 e. The third-order valence-electron chi connectivity index (χ3n) is 4.57. The van der Waals surface area contributed by atoms with E-state index in [1.54, 1.807) is 12.1 Å². The van der Waals surface area contributed by atoms with Crippen molar-refractivity contribution < 1.29 is 14.3 Å². The number of likely N-dealkylation sites (tertiary alicyclic amines) is 1. The molecule has 1 fully saturated rings. The number of benzene rings is 2. The molecule has 1 heterocycles. The highest BCUT2D eigenvalue weighted by Gasteiger charge is 2.10. The first-order valence-corrected chi connectivity index (χ1v) is 9.74. The number of carbonyl (C=O) groups excluding carboxylic acids is 1. The van der Waals surface area contributed by atoms with E-state index < -0.39 is 6.09 Å². The molecule has 0 saturated carbocycles. The molecule has 0 spiro atoms. The van der Waals surface area contributed by atoms with Crippen molar-refractivity contribution in [3.63, 3.8) is 0 Å². The van der Waals surface area contributed by atoms with Crippen LogP contribution in [0.5, 0.6) is 11.5 Å². The van der Waals surface area contributed by atoms with Gasteiger partial charge in [0.15, 0.2) is 0 Å². The molecule has 1 N–H and O–H groups in total. The highest BCUT2D eigenvalue weighted by Crippen LogP contribution is 2.17. The molecule has 1 aliphatic heterocycles. The van der Waals surface area contributed by atoms with Gasteiger partial charge in [-0.05, 0) is 62.2 Å². The molecule has 0 unspecified atom stereocenters. The van der Waals surface area contributed by atoms with E-state index in [2.05, 4.69) is 22.3 Å². The second-order valence-corrected chi connectivity index (χ2v) is 6.82. The minimum Gasteiger partial charge on any atom is -0.494 e. The maximum atomic E-state index is 11.7. The van der Waals surface area contributed by atoms with Crippen molar-refractivity contribution in [2.24, 2.45) is 0 Å². The number of amides is 1. The van der Waals surface area contributed by atoms with Crippen LogP contribution in [0.3, 0.4) is 0 Å². The molecular formula is C22H28N2O3. The van der Waals surface area contributed by atoms with E-state index >= 15 is 0 Å². The van der Waals surface area contributed by atoms with Gasteiger partial charge in [-0.2, -0.15) is 0 Å². The van der Waals surface area contributed by atoms with Crippen molar-refractivity contribution in [3.8, 4) is 11.5 Å². The Bertz CT molecular complexity index is 700. The molecule has 27 heavy (non-hydrogen) atoms. The van der Waals surface area contributed by atoms with E-state index in [1.807, 2.05) is 30.3 Å². The van der Waals surface area contributed by atoms with Crippen molar-refractivity contribution in [1.29, 1.82) is 0 Å². The van der Waals surface area contributed by atoms with Crippen LogP contribution in [0.15, 0.2) is 54.6 Å². The van der Waals surface area contributed by atoms with E-state index in [4.69, 9.17) is 9.47 Å². The summed E-state index contributed by atoms with van der Waals surface area (Å²) in [4.78, 5) is 14.2. The maximum absolute atomic E-state index is 11.7. The molecule has 5 nitrogen and oxygen atoms in total. The zero-order valence-electron chi connectivity index (χ0n) is 15.7. The number of rotatable bonds is 8. The topological polar surface area (TPSA) is 50.8 Å². The van der Waals surface area contributed by atoms with Crippen molar-refractivity contribution in [2.75, 3.05) is 26.2 Å². The first-order chi connectivity index (χ1) is 13.3. The Balaban J connectivity index is 1.33. The summed E-state index contributed by atoms with van der Waals surface area (Å²) in [5, 5.41) is 2.74. The van der Waals surface area contributed by atoms with Crippen LogP contribution in [-0.4, -0.2) is 37.2 Å². The maximum Gasteiger partial charge on any atom is 0.412 e. The van der Waals surface area contributed by atoms with Gasteiger partial charge in [0, 0.05) is 13.1 Å². The van der Waals surface area contributed by atoms with Crippen molar-refractivity contribution in [1.82, 2.24) is 10.2 Å². The Kier molecular flexibility index (Phi) is 7.54. The first-order valence-electron chi connectivity index (χ1n) is 9.74. The summed E-state index contributed by atoms with van der Waals surface area (Å²) in [7, 11) is 0. The van der Waals surface area contributed by atoms with Crippen LogP contribution in [-0.2, 0) is 6.54 Å². The van der Waals surface area contributed by atoms with Gasteiger partial charge in [0.05, 0.1) is 6.61 Å². The molecule has 5 heteroatoms. The lowest BCUT2D eigenvalue weighted by Gasteiger charge is -2.26. The minimum atomic E-state index is -0.440. The molecule has 1 saturated heterocycles. The number of carbonyl (C=O) groups is 1. The van der Waals surface area contributed by atoms with E-state index in [9.17, 15) is 4.79 Å². The summed E-state index contributed by atoms with van der Waals surface area (Å²) >= 11 is 0. The van der Waals surface area contributed by atoms with Gasteiger partial charge < -0.3 is 14.8 Å². The standard InChI is InChI=1S/C22H28N2O3/c25-22(27-20-10-3-1-4-11-20)23-13-8-16-26-21-12-7-9-19(17-21)18-24-14-5-2-6-15-24/h1,3-4,7,9-12,17H,2,5-6,8,13-16,18H2,(H,23,25). The van der Waals surface area contributed by atoms with Crippen LogP contribution >= 0.6 is 0 Å². The van der Waals surface area contributed by atoms with E-state index in [1.165, 1.54) is 37.9 Å². The lowest BCUT2D eigenvalue weighted by molar-refractivity contribution is 0.199. The highest BCUT2D eigenvalue weighted by molar-refractivity contribution is 5.70. The molecule has 0 bridgehead atoms. The predicted octanol–water partition coefficient (Wildman–Crippen LogP) is 4.23. The van der Waals surface area contributed by atoms with Crippen LogP contribution in [0.2, 0.25) is 0 Å². The number of piperidine rings is 1. The number of nitrogens with one attached hydrogen (secondary N) is 1. The molecule has 2 aromatic carbocycles. The SMILES string of the molecule is O=C(NCCCOc1cccc(CN2CCCCC2)c1)Oc1ccccc1. The average molecular weight is 368 g/mol. The molecule has 0 aliphatic carbocycles. The lowest BCUT2D eigenvalue weighted by Crippen LogP contribution is -2.29. The largest absolute Gasteiger partial charge is 0.494 e. The zero-order valence-corrected chi connectivity index (χ0v) is 15.7. The Morgan fingerprint density at radius 3 is 2.56 bits per heavy atom. The normalized spacial score (nSPS) is 14.5. The van der Waals surface area contributed by atoms with Crippen LogP contribution in [0.4, 0.5) is 4.79 Å². The first kappa shape index (κ1) is 19.2. The Morgan fingerprint density at radius 1 is 0.963 bits per heavy atom. The quantitative estimate of drug-likeness (QED) is 0.709. The van der Waals surface area contributed by atoms with Crippen LogP contribution in [0, 0.1) is 0 Å². The third-order valence-corrected chi connectivity index (χ3v) is 4.57. The van der Waals surface area contributed by atoms with Gasteiger partial charge >= 0.3 is 6.09 Å². The number of hydrogen-bond donors (Lipinski definition) is 1. The van der Waals surface area contributed by atoms with Crippen LogP contribution in [0.1, 0.15) is 31.2 Å². The molecule has 0 atom stereocenters. The van der Waals surface area contributed by atoms with Crippen LogP contribution < -0.4 is 14.8 Å². The van der Waals surface area contributed by atoms with E-state index in [0.29, 0.717) is 18.9 Å². The summed E-state index contributed by atoms with van der Waals surface area (Å²) in [5.74, 6) is 1.42. The average Bonchev–Trinajstić information content (AvgIpc) is 2.70. The zero-order chi connectivity index (χ0) is 18.7. The Hall–Kier alpha value is -2.53. The summed E-state index contributed by atoms with van der Waals surface area (Å²) in [5.41, 5.74) is 1.29. The molecule has 0 radical (unpaired) electrons. The number of para-hydroxylation sites is 1. The van der Waals surface area contributed by atoms with Gasteiger partial charge in [-0.25, -0.2) is 4.79 Å². The fourth-order valence-electron chi connectivity index (χ4n) is 3.19. The molecular weight excluding hydrogens is 340 g/mol. The van der Waals surface area contributed by atoms with Crippen molar-refractivity contribution in [2.45, 2.75) is 32.2 Å². The number of ether oxygens (including phenoxy) is 2. The third kappa shape index (κ3) is 6.94. The summed E-state index contributed by atoms with van der Waals surface area (Å²) in [6, 6.07) is 17.3. The fourth-order valence-corrected chi connectivity index (χ4v) is 3.19. The Morgan fingerprint density at radius 2 is 1.74 bits per heavy atom. The molecule has 0 aromatic heterocycles. The number of nitrogens with zero attached hydrogens (tertiary/aromatic N) is 1. The summed E-state index contributed by atoms with van der Waals surface area (Å²) < 4.78 is 11.0. The minimum absolute atomic E-state index is 0.440. The molecule has 3 rings (SSSR count). The lowest BCUT2D eigenvalue weighted by atomic mass is 10.1. The number of hydrogen-bond acceptors (Lipinski definition) is 4. The van der Waals surface area contributed by atoms with Crippen molar-refractivity contribution in [3.05, 3.63) is 60.2 Å². The molecule has 2 aromatic rings. The second kappa shape index (κ2) is 10.6. The van der Waals surface area contributed by atoms with Gasteiger partial charge in [-0.15, -0.1) is 0 Å². The fraction of sp³-hybridized carbons (Fsp3) is 0.409. The predicted molar refractivity (Wildman–Crippen MR) is 106 cm³/mol. The van der Waals surface area contributed by atoms with Gasteiger partial charge in [-0.1, -0.05) is 36.8 Å². The van der Waals surface area contributed by atoms with Gasteiger partial charge in [0.1, 0.15) is 11.5 Å². The van der Waals surface area contributed by atoms with E-state index in [-0.39, 0.29) is 0 Å². The molecule has 1 amide bonds. The Labute approximate surface area is 161 Å². The molecule has 1 aliphatic rings. The van der Waals surface area contributed by atoms with Crippen LogP contribution in [0.25, 0.3) is 0 Å². The van der Waals surface area contributed by atoms with Crippen molar-refractivity contribution >= 4 is 6.09 Å². The highest BCUT2D eigenvalue weighted by atomic mass is 16.6. The molecule has 144 valence electrons. The summed E-state index contributed by atoms with van der Waals surface area (Å²) in [6.07, 6.45) is 4.24.